The number of anilines is 1. The maximum Gasteiger partial charge on any atom is 0.227 e. The molecule has 1 atom stereocenters. The lowest BCUT2D eigenvalue weighted by molar-refractivity contribution is -0.126. The number of ether oxygens (including phenoxy) is 4. The van der Waals surface area contributed by atoms with E-state index in [9.17, 15) is 9.59 Å². The first-order chi connectivity index (χ1) is 12.0. The van der Waals surface area contributed by atoms with Crippen molar-refractivity contribution in [2.75, 3.05) is 53.0 Å². The lowest BCUT2D eigenvalue weighted by Gasteiger charge is -2.20. The van der Waals surface area contributed by atoms with E-state index in [0.29, 0.717) is 42.6 Å². The Morgan fingerprint density at radius 1 is 1.16 bits per heavy atom. The van der Waals surface area contributed by atoms with Gasteiger partial charge in [-0.3, -0.25) is 9.59 Å². The monoisotopic (exact) mass is 352 g/mol. The number of benzene rings is 1. The minimum atomic E-state index is -0.400. The van der Waals surface area contributed by atoms with Crippen LogP contribution in [0.4, 0.5) is 5.69 Å². The summed E-state index contributed by atoms with van der Waals surface area (Å²) in [6, 6.07) is 3.40. The van der Waals surface area contributed by atoms with Crippen molar-refractivity contribution in [3.8, 4) is 17.2 Å². The van der Waals surface area contributed by atoms with Gasteiger partial charge in [0.05, 0.1) is 39.5 Å². The summed E-state index contributed by atoms with van der Waals surface area (Å²) >= 11 is 0. The van der Waals surface area contributed by atoms with Crippen LogP contribution < -0.4 is 24.4 Å². The molecule has 8 nitrogen and oxygen atoms in total. The number of rotatable bonds is 8. The Morgan fingerprint density at radius 3 is 2.32 bits per heavy atom. The van der Waals surface area contributed by atoms with Gasteiger partial charge in [-0.15, -0.1) is 0 Å². The highest BCUT2D eigenvalue weighted by atomic mass is 16.5. The summed E-state index contributed by atoms with van der Waals surface area (Å²) in [5.74, 6) is 0.689. The molecule has 1 heterocycles. The second-order valence-electron chi connectivity index (χ2n) is 5.57. The van der Waals surface area contributed by atoms with E-state index in [1.165, 1.54) is 21.3 Å². The summed E-state index contributed by atoms with van der Waals surface area (Å²) in [6.07, 6.45) is 0.162. The number of carbonyl (C=O) groups is 2. The molecule has 0 radical (unpaired) electrons. The summed E-state index contributed by atoms with van der Waals surface area (Å²) in [5.41, 5.74) is 0.603. The molecule has 1 fully saturated rings. The maximum atomic E-state index is 12.4. The Morgan fingerprint density at radius 2 is 1.80 bits per heavy atom. The van der Waals surface area contributed by atoms with Gasteiger partial charge in [0.25, 0.3) is 0 Å². The van der Waals surface area contributed by atoms with E-state index in [0.717, 1.165) is 0 Å². The Kier molecular flexibility index (Phi) is 6.46. The molecule has 0 spiro atoms. The van der Waals surface area contributed by atoms with Crippen LogP contribution in [0.25, 0.3) is 0 Å². The Labute approximate surface area is 147 Å². The van der Waals surface area contributed by atoms with Crippen molar-refractivity contribution in [2.24, 2.45) is 5.92 Å². The van der Waals surface area contributed by atoms with E-state index in [1.54, 1.807) is 24.1 Å². The fourth-order valence-electron chi connectivity index (χ4n) is 2.78. The van der Waals surface area contributed by atoms with Gasteiger partial charge in [0.15, 0.2) is 11.5 Å². The van der Waals surface area contributed by atoms with Crippen molar-refractivity contribution in [3.63, 3.8) is 0 Å². The molecular formula is C17H24N2O6. The molecule has 138 valence electrons. The van der Waals surface area contributed by atoms with Crippen molar-refractivity contribution in [1.82, 2.24) is 5.32 Å². The van der Waals surface area contributed by atoms with Crippen LogP contribution in [-0.2, 0) is 14.3 Å². The highest BCUT2D eigenvalue weighted by Crippen LogP contribution is 2.42. The average Bonchev–Trinajstić information content (AvgIpc) is 3.02. The topological polar surface area (TPSA) is 86.3 Å². The summed E-state index contributed by atoms with van der Waals surface area (Å²) in [6.45, 7) is 1.16. The molecule has 1 aliphatic heterocycles. The maximum absolute atomic E-state index is 12.4. The second-order valence-corrected chi connectivity index (χ2v) is 5.57. The minimum Gasteiger partial charge on any atom is -0.493 e. The molecule has 2 amide bonds. The smallest absolute Gasteiger partial charge is 0.227 e. The lowest BCUT2D eigenvalue weighted by atomic mass is 10.1. The van der Waals surface area contributed by atoms with Gasteiger partial charge in [0, 0.05) is 38.8 Å². The zero-order chi connectivity index (χ0) is 18.4. The lowest BCUT2D eigenvalue weighted by Crippen LogP contribution is -2.34. The van der Waals surface area contributed by atoms with Crippen LogP contribution in [0.1, 0.15) is 6.42 Å². The van der Waals surface area contributed by atoms with Crippen LogP contribution in [0.15, 0.2) is 12.1 Å². The third kappa shape index (κ3) is 4.14. The number of nitrogens with zero attached hydrogens (tertiary/aromatic N) is 1. The van der Waals surface area contributed by atoms with E-state index < -0.39 is 5.92 Å². The third-order valence-corrected chi connectivity index (χ3v) is 4.06. The number of hydrogen-bond acceptors (Lipinski definition) is 6. The molecule has 1 unspecified atom stereocenters. The number of carbonyl (C=O) groups excluding carboxylic acids is 2. The Balaban J connectivity index is 2.18. The van der Waals surface area contributed by atoms with Gasteiger partial charge in [-0.2, -0.15) is 0 Å². The number of methoxy groups -OCH3 is 4. The minimum absolute atomic E-state index is 0.124. The molecule has 2 rings (SSSR count). The summed E-state index contributed by atoms with van der Waals surface area (Å²) in [7, 11) is 6.11. The van der Waals surface area contributed by atoms with Crippen LogP contribution in [0.2, 0.25) is 0 Å². The number of amides is 2. The first kappa shape index (κ1) is 18.9. The van der Waals surface area contributed by atoms with E-state index in [-0.39, 0.29) is 18.2 Å². The number of nitrogens with one attached hydrogen (secondary N) is 1. The summed E-state index contributed by atoms with van der Waals surface area (Å²) < 4.78 is 20.8. The van der Waals surface area contributed by atoms with Crippen LogP contribution in [-0.4, -0.2) is 59.9 Å². The zero-order valence-electron chi connectivity index (χ0n) is 15.0. The standard InChI is InChI=1S/C17H24N2O6/c1-22-6-5-18-17(21)11-7-15(20)19(10-11)12-8-13(23-2)16(25-4)14(9-12)24-3/h8-9,11H,5-7,10H2,1-4H3,(H,18,21). The van der Waals surface area contributed by atoms with Gasteiger partial charge in [-0.05, 0) is 0 Å². The van der Waals surface area contributed by atoms with Crippen LogP contribution in [0.3, 0.4) is 0 Å². The van der Waals surface area contributed by atoms with Gasteiger partial charge < -0.3 is 29.2 Å². The van der Waals surface area contributed by atoms with Crippen LogP contribution >= 0.6 is 0 Å². The fraction of sp³-hybridized carbons (Fsp3) is 0.529. The Bertz CT molecular complexity index is 609. The predicted molar refractivity (Wildman–Crippen MR) is 91.4 cm³/mol. The summed E-state index contributed by atoms with van der Waals surface area (Å²) in [5, 5.41) is 2.77. The molecule has 25 heavy (non-hydrogen) atoms. The zero-order valence-corrected chi connectivity index (χ0v) is 15.0. The van der Waals surface area contributed by atoms with E-state index in [4.69, 9.17) is 18.9 Å². The quantitative estimate of drug-likeness (QED) is 0.698. The molecule has 0 aromatic heterocycles. The molecule has 8 heteroatoms. The SMILES string of the molecule is COCCNC(=O)C1CC(=O)N(c2cc(OC)c(OC)c(OC)c2)C1. The predicted octanol–water partition coefficient (Wildman–Crippen LogP) is 0.828. The molecule has 1 aromatic carbocycles. The molecular weight excluding hydrogens is 328 g/mol. The first-order valence-electron chi connectivity index (χ1n) is 7.92. The van der Waals surface area contributed by atoms with Gasteiger partial charge in [-0.25, -0.2) is 0 Å². The fourth-order valence-corrected chi connectivity index (χ4v) is 2.78. The molecule has 1 saturated heterocycles. The average molecular weight is 352 g/mol. The number of hydrogen-bond donors (Lipinski definition) is 1. The molecule has 0 bridgehead atoms. The van der Waals surface area contributed by atoms with Crippen molar-refractivity contribution in [1.29, 1.82) is 0 Å². The van der Waals surface area contributed by atoms with Crippen LogP contribution in [0, 0.1) is 5.92 Å². The van der Waals surface area contributed by atoms with E-state index in [2.05, 4.69) is 5.32 Å². The van der Waals surface area contributed by atoms with Crippen molar-refractivity contribution < 1.29 is 28.5 Å². The van der Waals surface area contributed by atoms with Crippen molar-refractivity contribution >= 4 is 17.5 Å². The highest BCUT2D eigenvalue weighted by Gasteiger charge is 2.35. The molecule has 1 aliphatic rings. The van der Waals surface area contributed by atoms with E-state index in [1.807, 2.05) is 0 Å². The summed E-state index contributed by atoms with van der Waals surface area (Å²) in [4.78, 5) is 26.1. The van der Waals surface area contributed by atoms with Gasteiger partial charge >= 0.3 is 0 Å². The molecule has 1 N–H and O–H groups in total. The third-order valence-electron chi connectivity index (χ3n) is 4.06. The Hall–Kier alpha value is -2.48. The second kappa shape index (κ2) is 8.57. The first-order valence-corrected chi connectivity index (χ1v) is 7.92. The normalized spacial score (nSPS) is 16.7. The van der Waals surface area contributed by atoms with E-state index >= 15 is 0 Å². The largest absolute Gasteiger partial charge is 0.493 e. The molecule has 1 aromatic rings. The molecule has 0 aliphatic carbocycles. The highest BCUT2D eigenvalue weighted by molar-refractivity contribution is 6.00. The van der Waals surface area contributed by atoms with Gasteiger partial charge in [0.1, 0.15) is 0 Å². The van der Waals surface area contributed by atoms with Gasteiger partial charge in [-0.1, -0.05) is 0 Å². The van der Waals surface area contributed by atoms with Crippen LogP contribution in [0.5, 0.6) is 17.2 Å². The van der Waals surface area contributed by atoms with Crippen molar-refractivity contribution in [3.05, 3.63) is 12.1 Å². The van der Waals surface area contributed by atoms with Crippen molar-refractivity contribution in [2.45, 2.75) is 6.42 Å². The molecule has 0 saturated carbocycles. The van der Waals surface area contributed by atoms with Gasteiger partial charge in [0.2, 0.25) is 17.6 Å².